The van der Waals surface area contributed by atoms with Gasteiger partial charge in [-0.1, -0.05) is 13.2 Å². The second-order valence-corrected chi connectivity index (χ2v) is 2.52. The lowest BCUT2D eigenvalue weighted by Gasteiger charge is -1.99. The molecule has 0 spiro atoms. The fourth-order valence-corrected chi connectivity index (χ4v) is 0.440. The normalized spacial score (nSPS) is 8.67. The molecule has 84 valence electrons. The summed E-state index contributed by atoms with van der Waals surface area (Å²) in [5, 5.41) is 15.6. The first-order chi connectivity index (χ1) is 6.75. The molecule has 0 aromatic rings. The molecular weight excluding hydrogens is 200 g/mol. The molecule has 0 saturated heterocycles. The highest BCUT2D eigenvalue weighted by Gasteiger charge is 1.88. The molecule has 0 aliphatic rings. The van der Waals surface area contributed by atoms with E-state index < -0.39 is 11.9 Å². The van der Waals surface area contributed by atoms with Crippen LogP contribution in [0.4, 0.5) is 0 Å². The van der Waals surface area contributed by atoms with Crippen LogP contribution in [0.1, 0.15) is 13.8 Å². The minimum atomic E-state index is -1.26. The van der Waals surface area contributed by atoms with Gasteiger partial charge < -0.3 is 14.9 Å². The Morgan fingerprint density at radius 2 is 1.27 bits per heavy atom. The van der Waals surface area contributed by atoms with E-state index in [0.717, 1.165) is 0 Å². The first kappa shape index (κ1) is 15.4. The highest BCUT2D eigenvalue weighted by Crippen LogP contribution is 1.97. The summed E-state index contributed by atoms with van der Waals surface area (Å²) >= 11 is 0. The Bertz CT molecular complexity index is 260. The van der Waals surface area contributed by atoms with Gasteiger partial charge in [0.25, 0.3) is 0 Å². The van der Waals surface area contributed by atoms with E-state index in [0.29, 0.717) is 23.7 Å². The number of rotatable bonds is 4. The lowest BCUT2D eigenvalue weighted by Crippen LogP contribution is -1.91. The molecule has 0 saturated carbocycles. The fraction of sp³-hybridized carbons (Fsp3) is 0.200. The summed E-state index contributed by atoms with van der Waals surface area (Å²) in [7, 11) is 0. The summed E-state index contributed by atoms with van der Waals surface area (Å²) in [6.45, 7) is 10.6. The zero-order valence-corrected chi connectivity index (χ0v) is 8.69. The first-order valence-corrected chi connectivity index (χ1v) is 3.88. The Hall–Kier alpha value is -2.04. The van der Waals surface area contributed by atoms with Crippen LogP contribution in [-0.2, 0) is 14.3 Å². The van der Waals surface area contributed by atoms with E-state index in [1.165, 1.54) is 0 Å². The molecule has 5 heteroatoms. The van der Waals surface area contributed by atoms with Crippen molar-refractivity contribution in [1.29, 1.82) is 0 Å². The fourth-order valence-electron chi connectivity index (χ4n) is 0.440. The summed E-state index contributed by atoms with van der Waals surface area (Å²) in [5.41, 5.74) is 0. The number of aliphatic carboxylic acids is 2. The maximum Gasteiger partial charge on any atom is 0.328 e. The van der Waals surface area contributed by atoms with Crippen molar-refractivity contribution in [3.8, 4) is 0 Å². The lowest BCUT2D eigenvalue weighted by atomic mass is 10.5. The van der Waals surface area contributed by atoms with Crippen LogP contribution in [0.5, 0.6) is 0 Å². The zero-order valence-electron chi connectivity index (χ0n) is 8.69. The largest absolute Gasteiger partial charge is 0.478 e. The molecular formula is C10H14O5. The SMILES string of the molecule is C=C(C)OC(=C)C.O=C(O)C=CC(=O)O. The van der Waals surface area contributed by atoms with Gasteiger partial charge in [0.2, 0.25) is 0 Å². The molecule has 5 nitrogen and oxygen atoms in total. The molecule has 0 amide bonds. The number of carboxylic acids is 2. The molecule has 0 heterocycles. The summed E-state index contributed by atoms with van der Waals surface area (Å²) in [5.74, 6) is -1.14. The summed E-state index contributed by atoms with van der Waals surface area (Å²) in [6, 6.07) is 0. The predicted molar refractivity (Wildman–Crippen MR) is 55.1 cm³/mol. The summed E-state index contributed by atoms with van der Waals surface area (Å²) < 4.78 is 4.86. The van der Waals surface area contributed by atoms with Gasteiger partial charge >= 0.3 is 11.9 Å². The van der Waals surface area contributed by atoms with Gasteiger partial charge in [-0.05, 0) is 13.8 Å². The predicted octanol–water partition coefficient (Wildman–Crippen LogP) is 1.78. The van der Waals surface area contributed by atoms with Crippen LogP contribution < -0.4 is 0 Å². The van der Waals surface area contributed by atoms with Crippen molar-refractivity contribution >= 4 is 11.9 Å². The van der Waals surface area contributed by atoms with Crippen molar-refractivity contribution in [1.82, 2.24) is 0 Å². The standard InChI is InChI=1S/C6H10O.C4H4O4/c1-5(2)7-6(3)4;5-3(6)1-2-4(7)8/h1,3H2,2,4H3;1-2H,(H,5,6)(H,7,8). The Kier molecular flexibility index (Phi) is 8.80. The van der Waals surface area contributed by atoms with Crippen molar-refractivity contribution < 1.29 is 24.5 Å². The first-order valence-electron chi connectivity index (χ1n) is 3.88. The zero-order chi connectivity index (χ0) is 12.4. The summed E-state index contributed by atoms with van der Waals surface area (Å²) in [6.07, 6.45) is 1.12. The topological polar surface area (TPSA) is 83.8 Å². The molecule has 0 rings (SSSR count). The van der Waals surface area contributed by atoms with Crippen molar-refractivity contribution in [3.05, 3.63) is 36.8 Å². The van der Waals surface area contributed by atoms with Crippen LogP contribution in [-0.4, -0.2) is 22.2 Å². The molecule has 0 aliphatic heterocycles. The maximum absolute atomic E-state index is 9.55. The van der Waals surface area contributed by atoms with Gasteiger partial charge in [0.15, 0.2) is 0 Å². The number of carboxylic acid groups (broad SMARTS) is 2. The van der Waals surface area contributed by atoms with Gasteiger partial charge in [-0.25, -0.2) is 9.59 Å². The number of ether oxygens (including phenoxy) is 1. The number of hydrogen-bond acceptors (Lipinski definition) is 3. The Balaban J connectivity index is 0. The molecule has 0 atom stereocenters. The van der Waals surface area contributed by atoms with Gasteiger partial charge in [-0.3, -0.25) is 0 Å². The van der Waals surface area contributed by atoms with Crippen molar-refractivity contribution in [2.24, 2.45) is 0 Å². The molecule has 0 fully saturated rings. The quantitative estimate of drug-likeness (QED) is 0.550. The number of carbonyl (C=O) groups is 2. The highest BCUT2D eigenvalue weighted by atomic mass is 16.5. The van der Waals surface area contributed by atoms with Crippen LogP contribution in [0.25, 0.3) is 0 Å². The maximum atomic E-state index is 9.55. The van der Waals surface area contributed by atoms with Crippen molar-refractivity contribution in [2.45, 2.75) is 13.8 Å². The Labute approximate surface area is 88.0 Å². The van der Waals surface area contributed by atoms with Gasteiger partial charge in [0, 0.05) is 12.2 Å². The van der Waals surface area contributed by atoms with Gasteiger partial charge in [-0.2, -0.15) is 0 Å². The highest BCUT2D eigenvalue weighted by molar-refractivity contribution is 5.89. The Morgan fingerprint density at radius 1 is 1.00 bits per heavy atom. The van der Waals surface area contributed by atoms with Crippen molar-refractivity contribution in [3.63, 3.8) is 0 Å². The van der Waals surface area contributed by atoms with Crippen LogP contribution >= 0.6 is 0 Å². The third kappa shape index (κ3) is 24.5. The van der Waals surface area contributed by atoms with Gasteiger partial charge in [-0.15, -0.1) is 0 Å². The third-order valence-electron chi connectivity index (χ3n) is 0.717. The average Bonchev–Trinajstić information content (AvgIpc) is 1.99. The van der Waals surface area contributed by atoms with Crippen LogP contribution in [0.2, 0.25) is 0 Å². The van der Waals surface area contributed by atoms with Crippen LogP contribution in [0.3, 0.4) is 0 Å². The van der Waals surface area contributed by atoms with E-state index in [4.69, 9.17) is 14.9 Å². The second-order valence-electron chi connectivity index (χ2n) is 2.52. The molecule has 0 radical (unpaired) electrons. The van der Waals surface area contributed by atoms with E-state index in [-0.39, 0.29) is 0 Å². The molecule has 15 heavy (non-hydrogen) atoms. The smallest absolute Gasteiger partial charge is 0.328 e. The van der Waals surface area contributed by atoms with E-state index in [1.54, 1.807) is 13.8 Å². The number of hydrogen-bond donors (Lipinski definition) is 2. The molecule has 0 aliphatic carbocycles. The second kappa shape index (κ2) is 8.55. The molecule has 2 N–H and O–H groups in total. The Morgan fingerprint density at radius 3 is 1.33 bits per heavy atom. The third-order valence-corrected chi connectivity index (χ3v) is 0.717. The van der Waals surface area contributed by atoms with Crippen molar-refractivity contribution in [2.75, 3.05) is 0 Å². The van der Waals surface area contributed by atoms with Crippen LogP contribution in [0.15, 0.2) is 36.8 Å². The average molecular weight is 214 g/mol. The summed E-state index contributed by atoms with van der Waals surface area (Å²) in [4.78, 5) is 19.1. The minimum absolute atomic E-state index is 0.558. The molecule has 0 bridgehead atoms. The number of allylic oxidation sites excluding steroid dienone is 2. The van der Waals surface area contributed by atoms with E-state index in [2.05, 4.69) is 13.2 Å². The van der Waals surface area contributed by atoms with E-state index in [9.17, 15) is 9.59 Å². The van der Waals surface area contributed by atoms with Gasteiger partial charge in [0.05, 0.1) is 11.5 Å². The monoisotopic (exact) mass is 214 g/mol. The van der Waals surface area contributed by atoms with Crippen LogP contribution in [0, 0.1) is 0 Å². The molecule has 0 unspecified atom stereocenters. The minimum Gasteiger partial charge on any atom is -0.478 e. The van der Waals surface area contributed by atoms with E-state index in [1.807, 2.05) is 0 Å². The van der Waals surface area contributed by atoms with Gasteiger partial charge in [0.1, 0.15) is 0 Å². The van der Waals surface area contributed by atoms with E-state index >= 15 is 0 Å². The lowest BCUT2D eigenvalue weighted by molar-refractivity contribution is -0.134. The molecule has 0 aromatic carbocycles. The molecule has 0 aromatic heterocycles.